The molecule has 1 aromatic heterocycles. The van der Waals surface area contributed by atoms with Gasteiger partial charge in [-0.1, -0.05) is 46.9 Å². The summed E-state index contributed by atoms with van der Waals surface area (Å²) in [6, 6.07) is 13.0. The van der Waals surface area contributed by atoms with Gasteiger partial charge in [0, 0.05) is 17.3 Å². The van der Waals surface area contributed by atoms with Crippen LogP contribution in [0.2, 0.25) is 15.1 Å². The Bertz CT molecular complexity index is 872. The highest BCUT2D eigenvalue weighted by Gasteiger charge is 2.04. The lowest BCUT2D eigenvalue weighted by atomic mass is 10.1. The van der Waals surface area contributed by atoms with Crippen molar-refractivity contribution in [3.63, 3.8) is 0 Å². The first-order chi connectivity index (χ1) is 12.1. The van der Waals surface area contributed by atoms with E-state index in [1.54, 1.807) is 24.4 Å². The maximum absolute atomic E-state index is 6.00. The largest absolute Gasteiger partial charge is 0.368 e. The van der Waals surface area contributed by atoms with E-state index in [0.717, 1.165) is 22.7 Å². The average Bonchev–Trinajstić information content (AvgIpc) is 2.59. The lowest BCUT2D eigenvalue weighted by molar-refractivity contribution is 0.950. The Morgan fingerprint density at radius 2 is 1.84 bits per heavy atom. The van der Waals surface area contributed by atoms with Crippen molar-refractivity contribution >= 4 is 52.3 Å². The van der Waals surface area contributed by atoms with Crippen molar-refractivity contribution in [2.75, 3.05) is 17.2 Å². The first kappa shape index (κ1) is 17.7. The molecule has 0 aliphatic rings. The molecule has 2 N–H and O–H groups in total. The molecule has 8 heteroatoms. The highest BCUT2D eigenvalue weighted by atomic mass is 35.5. The zero-order valence-corrected chi connectivity index (χ0v) is 15.3. The number of halogens is 3. The van der Waals surface area contributed by atoms with Crippen molar-refractivity contribution in [3.05, 3.63) is 69.3 Å². The molecule has 0 radical (unpaired) electrons. The molecule has 0 bridgehead atoms. The SMILES string of the molecule is Clc1cccc(CCNc2cnnc(Nc3ccc(Cl)c(Cl)c3)n2)c1. The standard InChI is InChI=1S/C17H14Cl3N5/c18-12-3-1-2-11(8-12)6-7-21-16-10-22-25-17(24-16)23-13-4-5-14(19)15(20)9-13/h1-5,8-10H,6-7H2,(H2,21,23,24,25). The van der Waals surface area contributed by atoms with Crippen molar-refractivity contribution in [2.45, 2.75) is 6.42 Å². The Hall–Kier alpha value is -2.08. The summed E-state index contributed by atoms with van der Waals surface area (Å²) in [5.74, 6) is 0.991. The number of aromatic nitrogens is 3. The molecule has 0 fully saturated rings. The van der Waals surface area contributed by atoms with Gasteiger partial charge in [0.1, 0.15) is 0 Å². The van der Waals surface area contributed by atoms with Gasteiger partial charge < -0.3 is 10.6 Å². The molecular formula is C17H14Cl3N5. The lowest BCUT2D eigenvalue weighted by Crippen LogP contribution is -2.08. The normalized spacial score (nSPS) is 10.5. The van der Waals surface area contributed by atoms with E-state index in [2.05, 4.69) is 25.8 Å². The molecule has 2 aromatic carbocycles. The molecule has 0 saturated carbocycles. The summed E-state index contributed by atoms with van der Waals surface area (Å²) < 4.78 is 0. The van der Waals surface area contributed by atoms with Crippen LogP contribution >= 0.6 is 34.8 Å². The first-order valence-corrected chi connectivity index (χ1v) is 8.64. The Morgan fingerprint density at radius 1 is 0.960 bits per heavy atom. The maximum Gasteiger partial charge on any atom is 0.249 e. The van der Waals surface area contributed by atoms with Crippen LogP contribution in [0, 0.1) is 0 Å². The Balaban J connectivity index is 1.60. The van der Waals surface area contributed by atoms with Crippen molar-refractivity contribution in [1.29, 1.82) is 0 Å². The summed E-state index contributed by atoms with van der Waals surface area (Å²) >= 11 is 17.9. The van der Waals surface area contributed by atoms with Crippen LogP contribution in [0.1, 0.15) is 5.56 Å². The van der Waals surface area contributed by atoms with Crippen LogP contribution in [0.15, 0.2) is 48.7 Å². The molecule has 128 valence electrons. The van der Waals surface area contributed by atoms with E-state index in [9.17, 15) is 0 Å². The van der Waals surface area contributed by atoms with Crippen LogP contribution in [0.3, 0.4) is 0 Å². The fourth-order valence-corrected chi connectivity index (χ4v) is 2.68. The second-order valence-electron chi connectivity index (χ2n) is 5.23. The Morgan fingerprint density at radius 3 is 2.64 bits per heavy atom. The average molecular weight is 395 g/mol. The minimum atomic E-state index is 0.367. The predicted molar refractivity (Wildman–Crippen MR) is 103 cm³/mol. The number of hydrogen-bond acceptors (Lipinski definition) is 5. The van der Waals surface area contributed by atoms with Gasteiger partial charge in [-0.05, 0) is 42.3 Å². The van der Waals surface area contributed by atoms with E-state index in [-0.39, 0.29) is 0 Å². The summed E-state index contributed by atoms with van der Waals surface area (Å²) in [4.78, 5) is 4.37. The zero-order valence-electron chi connectivity index (χ0n) is 13.0. The second-order valence-corrected chi connectivity index (χ2v) is 6.48. The fourth-order valence-electron chi connectivity index (χ4n) is 2.17. The van der Waals surface area contributed by atoms with Gasteiger partial charge >= 0.3 is 0 Å². The maximum atomic E-state index is 6.00. The van der Waals surface area contributed by atoms with Crippen LogP contribution in [0.5, 0.6) is 0 Å². The van der Waals surface area contributed by atoms with Crippen LogP contribution in [0.25, 0.3) is 0 Å². The number of benzene rings is 2. The predicted octanol–water partition coefficient (Wildman–Crippen LogP) is 5.23. The van der Waals surface area contributed by atoms with Gasteiger partial charge in [-0.2, -0.15) is 10.1 Å². The molecule has 0 aliphatic heterocycles. The van der Waals surface area contributed by atoms with Gasteiger partial charge in [-0.25, -0.2) is 0 Å². The molecule has 3 aromatic rings. The van der Waals surface area contributed by atoms with E-state index in [4.69, 9.17) is 34.8 Å². The molecule has 0 atom stereocenters. The van der Waals surface area contributed by atoms with Gasteiger partial charge in [-0.15, -0.1) is 5.10 Å². The number of anilines is 3. The van der Waals surface area contributed by atoms with Gasteiger partial charge in [0.2, 0.25) is 5.95 Å². The van der Waals surface area contributed by atoms with Gasteiger partial charge in [-0.3, -0.25) is 0 Å². The number of nitrogens with zero attached hydrogens (tertiary/aromatic N) is 3. The molecule has 25 heavy (non-hydrogen) atoms. The molecule has 5 nitrogen and oxygen atoms in total. The molecule has 1 heterocycles. The van der Waals surface area contributed by atoms with Crippen molar-refractivity contribution in [1.82, 2.24) is 15.2 Å². The first-order valence-electron chi connectivity index (χ1n) is 7.50. The third-order valence-electron chi connectivity index (χ3n) is 3.34. The molecule has 0 spiro atoms. The summed E-state index contributed by atoms with van der Waals surface area (Å²) in [7, 11) is 0. The molecule has 0 amide bonds. The van der Waals surface area contributed by atoms with E-state index in [1.165, 1.54) is 0 Å². The molecule has 0 saturated heterocycles. The lowest BCUT2D eigenvalue weighted by Gasteiger charge is -2.08. The molecule has 0 aliphatic carbocycles. The van der Waals surface area contributed by atoms with E-state index in [1.807, 2.05) is 24.3 Å². The Labute approximate surface area is 160 Å². The van der Waals surface area contributed by atoms with Crippen molar-refractivity contribution < 1.29 is 0 Å². The summed E-state index contributed by atoms with van der Waals surface area (Å²) in [6.45, 7) is 0.700. The van der Waals surface area contributed by atoms with Gasteiger partial charge in [0.25, 0.3) is 0 Å². The second kappa shape index (κ2) is 8.34. The zero-order chi connectivity index (χ0) is 17.6. The smallest absolute Gasteiger partial charge is 0.249 e. The van der Waals surface area contributed by atoms with E-state index >= 15 is 0 Å². The topological polar surface area (TPSA) is 62.7 Å². The van der Waals surface area contributed by atoms with Crippen molar-refractivity contribution in [3.8, 4) is 0 Å². The minimum Gasteiger partial charge on any atom is -0.368 e. The monoisotopic (exact) mass is 393 g/mol. The Kier molecular flexibility index (Phi) is 5.91. The number of rotatable bonds is 6. The minimum absolute atomic E-state index is 0.367. The molecule has 0 unspecified atom stereocenters. The third-order valence-corrected chi connectivity index (χ3v) is 4.32. The van der Waals surface area contributed by atoms with Crippen molar-refractivity contribution in [2.24, 2.45) is 0 Å². The van der Waals surface area contributed by atoms with Crippen LogP contribution in [-0.4, -0.2) is 21.7 Å². The molecule has 3 rings (SSSR count). The summed E-state index contributed by atoms with van der Waals surface area (Å²) in [6.07, 6.45) is 2.39. The number of nitrogens with one attached hydrogen (secondary N) is 2. The van der Waals surface area contributed by atoms with Crippen LogP contribution in [0.4, 0.5) is 17.5 Å². The van der Waals surface area contributed by atoms with Gasteiger partial charge in [0.05, 0.1) is 16.2 Å². The van der Waals surface area contributed by atoms with Crippen LogP contribution in [-0.2, 0) is 6.42 Å². The summed E-state index contributed by atoms with van der Waals surface area (Å²) in [5, 5.41) is 15.8. The highest BCUT2D eigenvalue weighted by Crippen LogP contribution is 2.26. The summed E-state index contributed by atoms with van der Waals surface area (Å²) in [5.41, 5.74) is 1.88. The van der Waals surface area contributed by atoms with Gasteiger partial charge in [0.15, 0.2) is 5.82 Å². The van der Waals surface area contributed by atoms with E-state index < -0.39 is 0 Å². The molecular weight excluding hydrogens is 381 g/mol. The third kappa shape index (κ3) is 5.19. The fraction of sp³-hybridized carbons (Fsp3) is 0.118. The highest BCUT2D eigenvalue weighted by molar-refractivity contribution is 6.42. The van der Waals surface area contributed by atoms with Crippen LogP contribution < -0.4 is 10.6 Å². The van der Waals surface area contributed by atoms with E-state index in [0.29, 0.717) is 28.4 Å². The quantitative estimate of drug-likeness (QED) is 0.599. The number of hydrogen-bond donors (Lipinski definition) is 2.